The Labute approximate surface area is 148 Å². The number of nitriles is 1. The summed E-state index contributed by atoms with van der Waals surface area (Å²) in [5.41, 5.74) is 0.691. The predicted molar refractivity (Wildman–Crippen MR) is 95.6 cm³/mol. The molecule has 0 bridgehead atoms. The molecule has 0 aliphatic carbocycles. The van der Waals surface area contributed by atoms with Crippen LogP contribution in [0.3, 0.4) is 0 Å². The van der Waals surface area contributed by atoms with Crippen molar-refractivity contribution in [3.05, 3.63) is 91.7 Å². The number of rotatable bonds is 3. The normalized spacial score (nSPS) is 14.4. The van der Waals surface area contributed by atoms with E-state index in [-0.39, 0.29) is 22.4 Å². The van der Waals surface area contributed by atoms with Crippen LogP contribution >= 0.6 is 0 Å². The van der Waals surface area contributed by atoms with E-state index in [2.05, 4.69) is 0 Å². The first-order chi connectivity index (χ1) is 12.4. The van der Waals surface area contributed by atoms with E-state index in [1.54, 1.807) is 24.4 Å². The van der Waals surface area contributed by atoms with Crippen LogP contribution in [0.15, 0.2) is 54.7 Å². The Kier molecular flexibility index (Phi) is 4.21. The van der Waals surface area contributed by atoms with Crippen molar-refractivity contribution in [1.82, 2.24) is 0 Å². The zero-order valence-electron chi connectivity index (χ0n) is 13.6. The Hall–Kier alpha value is -3.99. The SMILES string of the molecule is CN1C=CC(=C(c2ccc(C#N)cc2[N+](=O)[O-])[N+](=O)[O-])c2ccccc21. The number of benzene rings is 2. The van der Waals surface area contributed by atoms with Gasteiger partial charge < -0.3 is 4.90 Å². The number of nitro benzene ring substituents is 1. The summed E-state index contributed by atoms with van der Waals surface area (Å²) in [5.74, 6) is 0. The minimum Gasteiger partial charge on any atom is -0.351 e. The summed E-state index contributed by atoms with van der Waals surface area (Å²) in [6.45, 7) is 0. The van der Waals surface area contributed by atoms with Crippen molar-refractivity contribution in [2.45, 2.75) is 0 Å². The average molecular weight is 348 g/mol. The Morgan fingerprint density at radius 3 is 2.54 bits per heavy atom. The lowest BCUT2D eigenvalue weighted by Crippen LogP contribution is -2.15. The molecule has 0 spiro atoms. The predicted octanol–water partition coefficient (Wildman–Crippen LogP) is 3.57. The fourth-order valence-corrected chi connectivity index (χ4v) is 2.87. The van der Waals surface area contributed by atoms with Gasteiger partial charge in [-0.15, -0.1) is 0 Å². The van der Waals surface area contributed by atoms with Gasteiger partial charge in [-0.1, -0.05) is 18.2 Å². The van der Waals surface area contributed by atoms with Crippen LogP contribution in [0.5, 0.6) is 0 Å². The molecule has 1 heterocycles. The zero-order valence-corrected chi connectivity index (χ0v) is 13.6. The van der Waals surface area contributed by atoms with Crippen LogP contribution < -0.4 is 4.90 Å². The number of nitrogens with zero attached hydrogens (tertiary/aromatic N) is 4. The van der Waals surface area contributed by atoms with E-state index in [4.69, 9.17) is 5.26 Å². The first kappa shape index (κ1) is 16.9. The summed E-state index contributed by atoms with van der Waals surface area (Å²) in [6.07, 6.45) is 3.22. The fourth-order valence-electron chi connectivity index (χ4n) is 2.87. The fraction of sp³-hybridized carbons (Fsp3) is 0.0556. The molecule has 0 radical (unpaired) electrons. The molecule has 0 aromatic heterocycles. The molecule has 0 unspecified atom stereocenters. The first-order valence-corrected chi connectivity index (χ1v) is 7.52. The van der Waals surface area contributed by atoms with Crippen molar-refractivity contribution in [3.63, 3.8) is 0 Å². The second-order valence-corrected chi connectivity index (χ2v) is 5.56. The molecule has 0 fully saturated rings. The molecule has 128 valence electrons. The van der Waals surface area contributed by atoms with Crippen LogP contribution in [-0.4, -0.2) is 16.9 Å². The Morgan fingerprint density at radius 1 is 1.15 bits per heavy atom. The summed E-state index contributed by atoms with van der Waals surface area (Å²) in [5, 5.41) is 32.2. The summed E-state index contributed by atoms with van der Waals surface area (Å²) >= 11 is 0. The number of fused-ring (bicyclic) bond motifs is 1. The highest BCUT2D eigenvalue weighted by Crippen LogP contribution is 2.39. The molecule has 0 atom stereocenters. The summed E-state index contributed by atoms with van der Waals surface area (Å²) in [6, 6.07) is 12.5. The minimum absolute atomic E-state index is 0.0625. The van der Waals surface area contributed by atoms with Crippen molar-refractivity contribution in [1.29, 1.82) is 5.26 Å². The molecule has 0 N–H and O–H groups in total. The maximum Gasteiger partial charge on any atom is 0.291 e. The van der Waals surface area contributed by atoms with Crippen molar-refractivity contribution < 1.29 is 9.85 Å². The van der Waals surface area contributed by atoms with E-state index in [0.29, 0.717) is 5.56 Å². The number of hydrogen-bond donors (Lipinski definition) is 0. The number of anilines is 1. The van der Waals surface area contributed by atoms with E-state index in [0.717, 1.165) is 11.8 Å². The molecular formula is C18H12N4O4. The smallest absolute Gasteiger partial charge is 0.291 e. The molecule has 3 rings (SSSR count). The van der Waals surface area contributed by atoms with Gasteiger partial charge in [0.1, 0.15) is 5.56 Å². The molecule has 2 aromatic rings. The molecule has 2 aromatic carbocycles. The molecular weight excluding hydrogens is 336 g/mol. The zero-order chi connectivity index (χ0) is 18.8. The molecule has 8 nitrogen and oxygen atoms in total. The quantitative estimate of drug-likeness (QED) is 0.619. The lowest BCUT2D eigenvalue weighted by molar-refractivity contribution is -0.391. The Bertz CT molecular complexity index is 1030. The topological polar surface area (TPSA) is 113 Å². The van der Waals surface area contributed by atoms with Gasteiger partial charge in [-0.2, -0.15) is 5.26 Å². The van der Waals surface area contributed by atoms with E-state index in [1.165, 1.54) is 12.1 Å². The van der Waals surface area contributed by atoms with E-state index < -0.39 is 15.5 Å². The molecule has 0 saturated carbocycles. The van der Waals surface area contributed by atoms with Crippen LogP contribution in [0.4, 0.5) is 11.4 Å². The summed E-state index contributed by atoms with van der Waals surface area (Å²) in [4.78, 5) is 23.7. The van der Waals surface area contributed by atoms with Crippen molar-refractivity contribution in [2.75, 3.05) is 11.9 Å². The van der Waals surface area contributed by atoms with Crippen molar-refractivity contribution >= 4 is 22.6 Å². The number of hydrogen-bond acceptors (Lipinski definition) is 6. The van der Waals surface area contributed by atoms with Gasteiger partial charge in [-0.05, 0) is 24.3 Å². The van der Waals surface area contributed by atoms with Gasteiger partial charge in [0.05, 0.1) is 27.1 Å². The minimum atomic E-state index is -0.717. The molecule has 1 aliphatic heterocycles. The number of nitro groups is 2. The molecule has 1 aliphatic rings. The largest absolute Gasteiger partial charge is 0.351 e. The molecule has 26 heavy (non-hydrogen) atoms. The second-order valence-electron chi connectivity index (χ2n) is 5.56. The van der Waals surface area contributed by atoms with E-state index in [9.17, 15) is 20.2 Å². The summed E-state index contributed by atoms with van der Waals surface area (Å²) < 4.78 is 0. The standard InChI is InChI=1S/C18H12N4O4/c1-20-9-8-14(13-4-2-3-5-16(13)20)18(22(25)26)15-7-6-12(11-19)10-17(15)21(23)24/h2-10H,1H3. The molecule has 0 saturated heterocycles. The van der Waals surface area contributed by atoms with Crippen molar-refractivity contribution in [3.8, 4) is 6.07 Å². The third kappa shape index (κ3) is 2.78. The third-order valence-electron chi connectivity index (χ3n) is 4.06. The monoisotopic (exact) mass is 348 g/mol. The highest BCUT2D eigenvalue weighted by Gasteiger charge is 2.31. The van der Waals surface area contributed by atoms with Crippen LogP contribution in [0, 0.1) is 31.6 Å². The molecule has 0 amide bonds. The maximum atomic E-state index is 11.8. The molecule has 8 heteroatoms. The second kappa shape index (κ2) is 6.49. The first-order valence-electron chi connectivity index (χ1n) is 7.52. The van der Waals surface area contributed by atoms with E-state index in [1.807, 2.05) is 30.1 Å². The van der Waals surface area contributed by atoms with Crippen molar-refractivity contribution in [2.24, 2.45) is 0 Å². The van der Waals surface area contributed by atoms with E-state index >= 15 is 0 Å². The van der Waals surface area contributed by atoms with Gasteiger partial charge in [-0.3, -0.25) is 20.2 Å². The lowest BCUT2D eigenvalue weighted by atomic mass is 9.94. The van der Waals surface area contributed by atoms with Gasteiger partial charge in [0.15, 0.2) is 0 Å². The maximum absolute atomic E-state index is 11.8. The van der Waals surface area contributed by atoms with Gasteiger partial charge in [-0.25, -0.2) is 0 Å². The number of para-hydroxylation sites is 1. The third-order valence-corrected chi connectivity index (χ3v) is 4.06. The lowest BCUT2D eigenvalue weighted by Gasteiger charge is -2.23. The Morgan fingerprint density at radius 2 is 1.88 bits per heavy atom. The van der Waals surface area contributed by atoms with Gasteiger partial charge >= 0.3 is 0 Å². The number of allylic oxidation sites excluding steroid dienone is 2. The van der Waals surface area contributed by atoms with Crippen LogP contribution in [-0.2, 0) is 0 Å². The highest BCUT2D eigenvalue weighted by atomic mass is 16.6. The Balaban J connectivity index is 2.36. The van der Waals surface area contributed by atoms with Gasteiger partial charge in [0.2, 0.25) is 0 Å². The van der Waals surface area contributed by atoms with Crippen LogP contribution in [0.2, 0.25) is 0 Å². The van der Waals surface area contributed by atoms with Gasteiger partial charge in [0.25, 0.3) is 11.4 Å². The summed E-state index contributed by atoms with van der Waals surface area (Å²) in [7, 11) is 1.81. The van der Waals surface area contributed by atoms with Crippen LogP contribution in [0.1, 0.15) is 16.7 Å². The highest BCUT2D eigenvalue weighted by molar-refractivity contribution is 5.99. The average Bonchev–Trinajstić information content (AvgIpc) is 2.64. The van der Waals surface area contributed by atoms with Gasteiger partial charge in [0, 0.05) is 30.6 Å². The van der Waals surface area contributed by atoms with Crippen LogP contribution in [0.25, 0.3) is 11.3 Å².